The molecule has 0 saturated carbocycles. The number of hydrogen-bond acceptors (Lipinski definition) is 3. The Morgan fingerprint density at radius 2 is 1.83 bits per heavy atom. The van der Waals surface area contributed by atoms with Crippen LogP contribution in [-0.2, 0) is 0 Å². The van der Waals surface area contributed by atoms with Crippen LogP contribution in [-0.4, -0.2) is 50.1 Å². The first-order valence-corrected chi connectivity index (χ1v) is 6.78. The molecular weight excluding hydrogens is 222 g/mol. The molecule has 100 valence electrons. The molecule has 1 atom stereocenters. The maximum atomic E-state index is 3.43. The molecule has 0 aliphatic carbocycles. The van der Waals surface area contributed by atoms with E-state index in [-0.39, 0.29) is 0 Å². The van der Waals surface area contributed by atoms with Crippen molar-refractivity contribution in [2.24, 2.45) is 0 Å². The first kappa shape index (κ1) is 13.5. The molecule has 1 unspecified atom stereocenters. The minimum atomic E-state index is 0.395. The van der Waals surface area contributed by atoms with E-state index in [1.54, 1.807) is 0 Å². The minimum Gasteiger partial charge on any atom is -0.314 e. The van der Waals surface area contributed by atoms with Gasteiger partial charge in [-0.15, -0.1) is 0 Å². The Labute approximate surface area is 111 Å². The van der Waals surface area contributed by atoms with Crippen LogP contribution in [0.2, 0.25) is 0 Å². The first-order valence-electron chi connectivity index (χ1n) is 6.78. The van der Waals surface area contributed by atoms with E-state index >= 15 is 0 Å². The highest BCUT2D eigenvalue weighted by Gasteiger charge is 2.25. The smallest absolute Gasteiger partial charge is 0.0884 e. The predicted octanol–water partition coefficient (Wildman–Crippen LogP) is 1.77. The molecule has 1 aromatic carbocycles. The second-order valence-electron chi connectivity index (χ2n) is 5.48. The number of benzene rings is 1. The third-order valence-electron chi connectivity index (χ3n) is 3.70. The van der Waals surface area contributed by atoms with Gasteiger partial charge in [-0.2, -0.15) is 0 Å². The zero-order valence-corrected chi connectivity index (χ0v) is 12.0. The van der Waals surface area contributed by atoms with E-state index in [1.807, 2.05) is 0 Å². The highest BCUT2D eigenvalue weighted by Crippen LogP contribution is 2.26. The Kier molecular flexibility index (Phi) is 4.38. The fraction of sp³-hybridized carbons (Fsp3) is 0.600. The highest BCUT2D eigenvalue weighted by atomic mass is 15.3. The van der Waals surface area contributed by atoms with Gasteiger partial charge >= 0.3 is 0 Å². The summed E-state index contributed by atoms with van der Waals surface area (Å²) in [5.41, 5.74) is 4.18. The lowest BCUT2D eigenvalue weighted by atomic mass is 10.0. The van der Waals surface area contributed by atoms with Gasteiger partial charge in [-0.1, -0.05) is 23.8 Å². The van der Waals surface area contributed by atoms with E-state index in [4.69, 9.17) is 0 Å². The molecule has 0 spiro atoms. The van der Waals surface area contributed by atoms with Crippen LogP contribution in [0.25, 0.3) is 0 Å². The Morgan fingerprint density at radius 3 is 2.44 bits per heavy atom. The predicted molar refractivity (Wildman–Crippen MR) is 76.8 cm³/mol. The molecule has 2 rings (SSSR count). The summed E-state index contributed by atoms with van der Waals surface area (Å²) < 4.78 is 0. The van der Waals surface area contributed by atoms with E-state index in [0.29, 0.717) is 6.17 Å². The molecular formula is C15H25N3. The Bertz CT molecular complexity index is 395. The summed E-state index contributed by atoms with van der Waals surface area (Å²) >= 11 is 0. The molecule has 1 N–H and O–H groups in total. The van der Waals surface area contributed by atoms with Crippen LogP contribution in [0.5, 0.6) is 0 Å². The van der Waals surface area contributed by atoms with Crippen molar-refractivity contribution < 1.29 is 0 Å². The summed E-state index contributed by atoms with van der Waals surface area (Å²) in [7, 11) is 4.35. The van der Waals surface area contributed by atoms with Gasteiger partial charge < -0.3 is 5.32 Å². The van der Waals surface area contributed by atoms with Crippen molar-refractivity contribution in [3.8, 4) is 0 Å². The molecule has 1 aliphatic heterocycles. The summed E-state index contributed by atoms with van der Waals surface area (Å²) in [4.78, 5) is 4.89. The van der Waals surface area contributed by atoms with Crippen molar-refractivity contribution >= 4 is 0 Å². The Morgan fingerprint density at radius 1 is 1.17 bits per heavy atom. The van der Waals surface area contributed by atoms with E-state index in [0.717, 1.165) is 26.2 Å². The number of rotatable bonds is 3. The zero-order valence-electron chi connectivity index (χ0n) is 12.0. The maximum absolute atomic E-state index is 3.43. The number of hydrogen-bond donors (Lipinski definition) is 1. The quantitative estimate of drug-likeness (QED) is 0.878. The van der Waals surface area contributed by atoms with Gasteiger partial charge in [-0.25, -0.2) is 0 Å². The summed E-state index contributed by atoms with van der Waals surface area (Å²) in [5.74, 6) is 0. The van der Waals surface area contributed by atoms with Gasteiger partial charge in [-0.05, 0) is 39.1 Å². The number of piperazine rings is 1. The topological polar surface area (TPSA) is 18.5 Å². The lowest BCUT2D eigenvalue weighted by Crippen LogP contribution is -2.48. The molecule has 0 radical (unpaired) electrons. The molecule has 0 amide bonds. The Hall–Kier alpha value is -0.900. The SMILES string of the molecule is Cc1ccc(C)c(C(N(C)C)N2CCNCC2)c1. The molecule has 0 aromatic heterocycles. The van der Waals surface area contributed by atoms with Gasteiger partial charge in [0.25, 0.3) is 0 Å². The van der Waals surface area contributed by atoms with Gasteiger partial charge in [-0.3, -0.25) is 9.80 Å². The molecule has 3 nitrogen and oxygen atoms in total. The third-order valence-corrected chi connectivity index (χ3v) is 3.70. The van der Waals surface area contributed by atoms with Crippen LogP contribution in [0, 0.1) is 13.8 Å². The second-order valence-corrected chi connectivity index (χ2v) is 5.48. The zero-order chi connectivity index (χ0) is 13.1. The van der Waals surface area contributed by atoms with Crippen LogP contribution in [0.15, 0.2) is 18.2 Å². The van der Waals surface area contributed by atoms with Crippen LogP contribution < -0.4 is 5.32 Å². The van der Waals surface area contributed by atoms with Crippen LogP contribution in [0.3, 0.4) is 0 Å². The monoisotopic (exact) mass is 247 g/mol. The van der Waals surface area contributed by atoms with Crippen molar-refractivity contribution in [1.82, 2.24) is 15.1 Å². The standard InChI is InChI=1S/C15H25N3/c1-12-5-6-13(2)14(11-12)15(17(3)4)18-9-7-16-8-10-18/h5-6,11,15-16H,7-10H2,1-4H3. The van der Waals surface area contributed by atoms with Gasteiger partial charge in [0.2, 0.25) is 0 Å². The Balaban J connectivity index is 2.31. The van der Waals surface area contributed by atoms with Crippen molar-refractivity contribution in [2.75, 3.05) is 40.3 Å². The van der Waals surface area contributed by atoms with Gasteiger partial charge in [0.05, 0.1) is 6.17 Å². The van der Waals surface area contributed by atoms with E-state index < -0.39 is 0 Å². The fourth-order valence-corrected chi connectivity index (χ4v) is 2.77. The van der Waals surface area contributed by atoms with Gasteiger partial charge in [0.1, 0.15) is 0 Å². The van der Waals surface area contributed by atoms with Crippen molar-refractivity contribution in [3.63, 3.8) is 0 Å². The highest BCUT2D eigenvalue weighted by molar-refractivity contribution is 5.32. The lowest BCUT2D eigenvalue weighted by Gasteiger charge is -2.39. The average Bonchev–Trinajstić information content (AvgIpc) is 2.35. The molecule has 1 fully saturated rings. The number of nitrogens with one attached hydrogen (secondary N) is 1. The molecule has 18 heavy (non-hydrogen) atoms. The van der Waals surface area contributed by atoms with E-state index in [1.165, 1.54) is 16.7 Å². The van der Waals surface area contributed by atoms with Crippen molar-refractivity contribution in [1.29, 1.82) is 0 Å². The second kappa shape index (κ2) is 5.83. The van der Waals surface area contributed by atoms with Crippen LogP contribution >= 0.6 is 0 Å². The molecule has 1 aromatic rings. The van der Waals surface area contributed by atoms with Gasteiger partial charge in [0, 0.05) is 26.2 Å². The molecule has 1 aliphatic rings. The number of aryl methyl sites for hydroxylation is 2. The summed E-state index contributed by atoms with van der Waals surface area (Å²) in [5, 5.41) is 3.43. The van der Waals surface area contributed by atoms with Crippen molar-refractivity contribution in [2.45, 2.75) is 20.0 Å². The fourth-order valence-electron chi connectivity index (χ4n) is 2.77. The summed E-state index contributed by atoms with van der Waals surface area (Å²) in [6.45, 7) is 8.82. The van der Waals surface area contributed by atoms with Crippen molar-refractivity contribution in [3.05, 3.63) is 34.9 Å². The summed E-state index contributed by atoms with van der Waals surface area (Å²) in [6, 6.07) is 6.77. The van der Waals surface area contributed by atoms with Crippen LogP contribution in [0.4, 0.5) is 0 Å². The normalized spacial score (nSPS) is 19.2. The minimum absolute atomic E-state index is 0.395. The largest absolute Gasteiger partial charge is 0.314 e. The molecule has 1 heterocycles. The molecule has 1 saturated heterocycles. The van der Waals surface area contributed by atoms with E-state index in [2.05, 4.69) is 61.3 Å². The lowest BCUT2D eigenvalue weighted by molar-refractivity contribution is 0.0668. The summed E-state index contributed by atoms with van der Waals surface area (Å²) in [6.07, 6.45) is 0.395. The average molecular weight is 247 g/mol. The number of nitrogens with zero attached hydrogens (tertiary/aromatic N) is 2. The molecule has 3 heteroatoms. The van der Waals surface area contributed by atoms with E-state index in [9.17, 15) is 0 Å². The maximum Gasteiger partial charge on any atom is 0.0884 e. The van der Waals surface area contributed by atoms with Crippen LogP contribution in [0.1, 0.15) is 22.9 Å². The first-order chi connectivity index (χ1) is 8.59. The van der Waals surface area contributed by atoms with Gasteiger partial charge in [0.15, 0.2) is 0 Å². The third kappa shape index (κ3) is 2.91. The molecule has 0 bridgehead atoms.